The molecule has 2 aliphatic rings. The molecule has 0 bridgehead atoms. The van der Waals surface area contributed by atoms with Crippen LogP contribution >= 0.6 is 27.5 Å². The second-order valence-corrected chi connectivity index (χ2v) is 8.15. The Hall–Kier alpha value is -2.51. The van der Waals surface area contributed by atoms with Gasteiger partial charge in [0, 0.05) is 16.0 Å². The van der Waals surface area contributed by atoms with Gasteiger partial charge in [-0.1, -0.05) is 46.6 Å². The zero-order chi connectivity index (χ0) is 20.5. The highest BCUT2D eigenvalue weighted by Crippen LogP contribution is 2.27. The quantitative estimate of drug-likeness (QED) is 0.441. The molecular formula is C21H18BrClN4O2. The van der Waals surface area contributed by atoms with E-state index in [1.54, 1.807) is 6.07 Å². The molecule has 2 aromatic rings. The molecular weight excluding hydrogens is 456 g/mol. The van der Waals surface area contributed by atoms with Gasteiger partial charge >= 0.3 is 5.69 Å². The van der Waals surface area contributed by atoms with Crippen molar-refractivity contribution in [3.63, 3.8) is 0 Å². The lowest BCUT2D eigenvalue weighted by Gasteiger charge is -2.18. The largest absolute Gasteiger partial charge is 0.349 e. The number of hydrogen-bond donors (Lipinski definition) is 1. The summed E-state index contributed by atoms with van der Waals surface area (Å²) in [5.41, 5.74) is 2.54. The van der Waals surface area contributed by atoms with E-state index in [1.165, 1.54) is 5.56 Å². The Kier molecular flexibility index (Phi) is 5.52. The summed E-state index contributed by atoms with van der Waals surface area (Å²) in [5.74, 6) is 0.298. The van der Waals surface area contributed by atoms with Crippen LogP contribution < -0.4 is 11.2 Å². The van der Waals surface area contributed by atoms with Crippen LogP contribution in [0.1, 0.15) is 24.5 Å². The third kappa shape index (κ3) is 3.97. The fraction of sp³-hybridized carbons (Fsp3) is 0.238. The van der Waals surface area contributed by atoms with Gasteiger partial charge < -0.3 is 4.57 Å². The maximum Gasteiger partial charge on any atom is 0.349 e. The van der Waals surface area contributed by atoms with Gasteiger partial charge in [0.25, 0.3) is 5.56 Å². The van der Waals surface area contributed by atoms with Crippen molar-refractivity contribution in [1.82, 2.24) is 19.5 Å². The first-order valence-electron chi connectivity index (χ1n) is 9.33. The lowest BCUT2D eigenvalue weighted by atomic mass is 10.1. The number of aromatic nitrogens is 4. The maximum atomic E-state index is 12.3. The molecule has 2 heterocycles. The number of fused-ring (bicyclic) bond motifs is 2. The first-order chi connectivity index (χ1) is 14.0. The van der Waals surface area contributed by atoms with E-state index in [-0.39, 0.29) is 5.69 Å². The number of rotatable bonds is 5. The summed E-state index contributed by atoms with van der Waals surface area (Å²) in [5, 5.41) is 0.609. The molecule has 1 N–H and O–H groups in total. The van der Waals surface area contributed by atoms with Crippen molar-refractivity contribution in [2.24, 2.45) is 0 Å². The zero-order valence-electron chi connectivity index (χ0n) is 15.7. The number of nitrogens with one attached hydrogen (secondary N) is 1. The molecule has 0 aliphatic carbocycles. The maximum absolute atomic E-state index is 12.3. The summed E-state index contributed by atoms with van der Waals surface area (Å²) >= 11 is 9.81. The average molecular weight is 474 g/mol. The molecule has 4 rings (SSSR count). The van der Waals surface area contributed by atoms with Crippen molar-refractivity contribution < 1.29 is 0 Å². The first kappa shape index (κ1) is 19.8. The van der Waals surface area contributed by atoms with Gasteiger partial charge in [0.15, 0.2) is 11.5 Å². The minimum absolute atomic E-state index is 0.140. The molecule has 0 fully saturated rings. The van der Waals surface area contributed by atoms with Crippen molar-refractivity contribution in [1.29, 1.82) is 0 Å². The van der Waals surface area contributed by atoms with Crippen LogP contribution in [0.4, 0.5) is 0 Å². The van der Waals surface area contributed by atoms with Crippen LogP contribution in [0.2, 0.25) is 5.02 Å². The summed E-state index contributed by atoms with van der Waals surface area (Å²) in [4.78, 5) is 34.9. The molecule has 2 aliphatic heterocycles. The van der Waals surface area contributed by atoms with Crippen LogP contribution in [0.25, 0.3) is 22.6 Å². The molecule has 6 nitrogen and oxygen atoms in total. The van der Waals surface area contributed by atoms with E-state index in [2.05, 4.69) is 43.0 Å². The van der Waals surface area contributed by atoms with Crippen LogP contribution in [0.3, 0.4) is 0 Å². The van der Waals surface area contributed by atoms with Crippen LogP contribution in [-0.4, -0.2) is 19.5 Å². The zero-order valence-corrected chi connectivity index (χ0v) is 18.0. The van der Waals surface area contributed by atoms with Gasteiger partial charge in [-0.05, 0) is 54.7 Å². The minimum Gasteiger partial charge on any atom is -0.322 e. The minimum atomic E-state index is -0.671. The highest BCUT2D eigenvalue weighted by Gasteiger charge is 2.19. The SMILES string of the molecule is CCc1cc2c(cc1Cl)nc1c(=O)[nH]c(=O)nc-1n2CCCc1ccc(Br)cc1. The number of halogens is 2. The molecule has 148 valence electrons. The average Bonchev–Trinajstić information content (AvgIpc) is 2.69. The van der Waals surface area contributed by atoms with Crippen LogP contribution in [0.15, 0.2) is 50.5 Å². The van der Waals surface area contributed by atoms with Crippen LogP contribution in [0.5, 0.6) is 0 Å². The molecule has 0 amide bonds. The van der Waals surface area contributed by atoms with E-state index >= 15 is 0 Å². The van der Waals surface area contributed by atoms with Crippen LogP contribution in [-0.2, 0) is 19.4 Å². The third-order valence-corrected chi connectivity index (χ3v) is 5.80. The Morgan fingerprint density at radius 1 is 1.14 bits per heavy atom. The normalized spacial score (nSPS) is 11.4. The highest BCUT2D eigenvalue weighted by molar-refractivity contribution is 9.10. The predicted molar refractivity (Wildman–Crippen MR) is 118 cm³/mol. The molecule has 0 saturated carbocycles. The monoisotopic (exact) mass is 472 g/mol. The van der Waals surface area contributed by atoms with Crippen molar-refractivity contribution in [3.05, 3.63) is 77.9 Å². The Balaban J connectivity index is 1.82. The van der Waals surface area contributed by atoms with E-state index in [0.717, 1.165) is 34.8 Å². The van der Waals surface area contributed by atoms with Gasteiger partial charge in [0.05, 0.1) is 11.0 Å². The molecule has 0 unspecified atom stereocenters. The fourth-order valence-electron chi connectivity index (χ4n) is 3.45. The highest BCUT2D eigenvalue weighted by atomic mass is 79.9. The summed E-state index contributed by atoms with van der Waals surface area (Å²) < 4.78 is 2.94. The van der Waals surface area contributed by atoms with Gasteiger partial charge in [0.2, 0.25) is 0 Å². The molecule has 0 atom stereocenters. The fourth-order valence-corrected chi connectivity index (χ4v) is 4.00. The summed E-state index contributed by atoms with van der Waals surface area (Å²) in [7, 11) is 0. The van der Waals surface area contributed by atoms with Crippen molar-refractivity contribution in [2.75, 3.05) is 0 Å². The molecule has 2 aromatic carbocycles. The molecule has 0 aromatic heterocycles. The van der Waals surface area contributed by atoms with Gasteiger partial charge in [0.1, 0.15) is 0 Å². The van der Waals surface area contributed by atoms with E-state index in [4.69, 9.17) is 11.6 Å². The third-order valence-electron chi connectivity index (χ3n) is 4.92. The number of benzene rings is 2. The Morgan fingerprint density at radius 3 is 2.62 bits per heavy atom. The second kappa shape index (κ2) is 8.08. The summed E-state index contributed by atoms with van der Waals surface area (Å²) in [6.07, 6.45) is 2.43. The molecule has 0 saturated heterocycles. The van der Waals surface area contributed by atoms with E-state index < -0.39 is 11.2 Å². The van der Waals surface area contributed by atoms with Gasteiger partial charge in [-0.15, -0.1) is 0 Å². The Labute approximate surface area is 180 Å². The molecule has 29 heavy (non-hydrogen) atoms. The lowest BCUT2D eigenvalue weighted by molar-refractivity contribution is 0.648. The van der Waals surface area contributed by atoms with Gasteiger partial charge in [-0.25, -0.2) is 9.78 Å². The van der Waals surface area contributed by atoms with Crippen molar-refractivity contribution >= 4 is 38.6 Å². The summed E-state index contributed by atoms with van der Waals surface area (Å²) in [6.45, 7) is 2.62. The van der Waals surface area contributed by atoms with Gasteiger partial charge in [-0.3, -0.25) is 9.78 Å². The molecule has 8 heteroatoms. The molecule has 0 spiro atoms. The van der Waals surface area contributed by atoms with Crippen molar-refractivity contribution in [2.45, 2.75) is 32.7 Å². The van der Waals surface area contributed by atoms with E-state index in [0.29, 0.717) is 22.9 Å². The van der Waals surface area contributed by atoms with E-state index in [1.807, 2.05) is 29.7 Å². The standard InChI is InChI=1S/C21H18BrClN4O2/c1-2-13-10-17-16(11-15(13)23)24-18-19(25-21(29)26-20(18)28)27(17)9-3-4-12-5-7-14(22)8-6-12/h5-8,10-11H,2-4,9H2,1H3,(H,26,28,29). The van der Waals surface area contributed by atoms with Crippen LogP contribution in [0, 0.1) is 0 Å². The number of H-pyrrole nitrogens is 1. The smallest absolute Gasteiger partial charge is 0.322 e. The van der Waals surface area contributed by atoms with Crippen molar-refractivity contribution in [3.8, 4) is 11.5 Å². The second-order valence-electron chi connectivity index (χ2n) is 6.82. The summed E-state index contributed by atoms with van der Waals surface area (Å²) in [6, 6.07) is 11.9. The Bertz CT molecular complexity index is 1280. The molecule has 0 radical (unpaired) electrons. The lowest BCUT2D eigenvalue weighted by Crippen LogP contribution is -2.29. The van der Waals surface area contributed by atoms with Gasteiger partial charge in [-0.2, -0.15) is 4.98 Å². The van der Waals surface area contributed by atoms with E-state index in [9.17, 15) is 9.59 Å². The Morgan fingerprint density at radius 2 is 1.90 bits per heavy atom. The number of aromatic amines is 1. The number of nitrogens with zero attached hydrogens (tertiary/aromatic N) is 3. The topological polar surface area (TPSA) is 80.6 Å². The predicted octanol–water partition coefficient (Wildman–Crippen LogP) is 4.20. The number of hydrogen-bond acceptors (Lipinski definition) is 4. The first-order valence-corrected chi connectivity index (χ1v) is 10.5. The number of aryl methyl sites for hydroxylation is 3.